The molecule has 0 bridgehead atoms. The second-order valence-electron chi connectivity index (χ2n) is 4.83. The third-order valence-corrected chi connectivity index (χ3v) is 3.40. The van der Waals surface area contributed by atoms with Crippen molar-refractivity contribution in [2.24, 2.45) is 0 Å². The van der Waals surface area contributed by atoms with Crippen LogP contribution in [0, 0.1) is 0 Å². The fourth-order valence-corrected chi connectivity index (χ4v) is 2.28. The Bertz CT molecular complexity index is 520. The lowest BCUT2D eigenvalue weighted by molar-refractivity contribution is 0.0696. The van der Waals surface area contributed by atoms with Crippen LogP contribution in [0.25, 0.3) is 0 Å². The quantitative estimate of drug-likeness (QED) is 0.810. The minimum atomic E-state index is -0.922. The van der Waals surface area contributed by atoms with Crippen LogP contribution in [0.5, 0.6) is 0 Å². The van der Waals surface area contributed by atoms with Crippen molar-refractivity contribution in [2.75, 3.05) is 6.61 Å². The van der Waals surface area contributed by atoms with Gasteiger partial charge in [0.15, 0.2) is 0 Å². The molecule has 1 saturated carbocycles. The zero-order valence-corrected chi connectivity index (χ0v) is 11.0. The van der Waals surface area contributed by atoms with Gasteiger partial charge in [-0.1, -0.05) is 24.8 Å². The molecular formula is C15H17NO4. The number of hydrogen-bond donors (Lipinski definition) is 2. The number of carboxylic acids is 1. The molecule has 0 heterocycles. The summed E-state index contributed by atoms with van der Waals surface area (Å²) in [4.78, 5) is 22.2. The molecule has 1 aromatic rings. The highest BCUT2D eigenvalue weighted by atomic mass is 16.5. The molecule has 0 unspecified atom stereocenters. The van der Waals surface area contributed by atoms with Crippen molar-refractivity contribution in [2.45, 2.75) is 24.8 Å². The molecule has 2 rings (SSSR count). The van der Waals surface area contributed by atoms with E-state index >= 15 is 0 Å². The van der Waals surface area contributed by atoms with Gasteiger partial charge in [-0.15, -0.1) is 0 Å². The van der Waals surface area contributed by atoms with E-state index in [0.29, 0.717) is 11.5 Å². The first-order valence-corrected chi connectivity index (χ1v) is 6.47. The molecule has 106 valence electrons. The summed E-state index contributed by atoms with van der Waals surface area (Å²) in [6, 6.07) is 7.03. The maximum Gasteiger partial charge on any atom is 0.407 e. The first-order chi connectivity index (χ1) is 9.60. The van der Waals surface area contributed by atoms with Gasteiger partial charge in [0.05, 0.1) is 5.56 Å². The van der Waals surface area contributed by atoms with Crippen molar-refractivity contribution < 1.29 is 19.4 Å². The van der Waals surface area contributed by atoms with Crippen LogP contribution < -0.4 is 5.32 Å². The Labute approximate surface area is 117 Å². The maximum atomic E-state index is 11.3. The van der Waals surface area contributed by atoms with Gasteiger partial charge in [0.2, 0.25) is 0 Å². The predicted octanol–water partition coefficient (Wildman–Crippen LogP) is 2.54. The predicted molar refractivity (Wildman–Crippen MR) is 73.8 cm³/mol. The van der Waals surface area contributed by atoms with Gasteiger partial charge in [0.25, 0.3) is 0 Å². The van der Waals surface area contributed by atoms with Gasteiger partial charge in [-0.25, -0.2) is 9.59 Å². The Morgan fingerprint density at radius 1 is 1.45 bits per heavy atom. The number of amides is 1. The number of nitrogens with one attached hydrogen (secondary N) is 1. The molecule has 0 aromatic heterocycles. The fourth-order valence-electron chi connectivity index (χ4n) is 2.28. The molecule has 0 spiro atoms. The third kappa shape index (κ3) is 3.38. The molecule has 0 aliphatic heterocycles. The fraction of sp³-hybridized carbons (Fsp3) is 0.333. The zero-order chi connectivity index (χ0) is 14.5. The Morgan fingerprint density at radius 2 is 2.20 bits per heavy atom. The van der Waals surface area contributed by atoms with E-state index in [9.17, 15) is 9.59 Å². The van der Waals surface area contributed by atoms with Crippen molar-refractivity contribution in [1.82, 2.24) is 5.32 Å². The van der Waals surface area contributed by atoms with Crippen LogP contribution in [-0.4, -0.2) is 29.8 Å². The molecule has 0 saturated heterocycles. The largest absolute Gasteiger partial charge is 0.478 e. The van der Waals surface area contributed by atoms with Crippen LogP contribution in [0.2, 0.25) is 0 Å². The van der Waals surface area contributed by atoms with E-state index < -0.39 is 12.1 Å². The topological polar surface area (TPSA) is 75.6 Å². The van der Waals surface area contributed by atoms with E-state index in [0.717, 1.165) is 18.4 Å². The van der Waals surface area contributed by atoms with E-state index in [4.69, 9.17) is 9.84 Å². The summed E-state index contributed by atoms with van der Waals surface area (Å²) >= 11 is 0. The van der Waals surface area contributed by atoms with Crippen LogP contribution in [0.15, 0.2) is 36.9 Å². The average Bonchev–Trinajstić information content (AvgIpc) is 2.40. The molecular weight excluding hydrogens is 258 g/mol. The highest BCUT2D eigenvalue weighted by Crippen LogP contribution is 2.37. The maximum absolute atomic E-state index is 11.3. The summed E-state index contributed by atoms with van der Waals surface area (Å²) < 4.78 is 4.84. The van der Waals surface area contributed by atoms with Gasteiger partial charge in [-0.3, -0.25) is 0 Å². The summed E-state index contributed by atoms with van der Waals surface area (Å²) in [5.41, 5.74) is 1.30. The second-order valence-corrected chi connectivity index (χ2v) is 4.83. The van der Waals surface area contributed by atoms with Crippen molar-refractivity contribution in [1.29, 1.82) is 0 Å². The standard InChI is InChI=1S/C15H17NO4/c1-2-6-20-15(19)16-13-8-12(9-13)10-4-3-5-11(7-10)14(17)18/h2-5,7,12-13H,1,6,8-9H2,(H,16,19)(H,17,18). The van der Waals surface area contributed by atoms with E-state index in [1.54, 1.807) is 18.2 Å². The van der Waals surface area contributed by atoms with Crippen molar-refractivity contribution in [3.8, 4) is 0 Å². The minimum absolute atomic E-state index is 0.0887. The molecule has 1 aliphatic rings. The first-order valence-electron chi connectivity index (χ1n) is 6.47. The lowest BCUT2D eigenvalue weighted by Crippen LogP contribution is -2.43. The molecule has 2 N–H and O–H groups in total. The Morgan fingerprint density at radius 3 is 2.85 bits per heavy atom. The number of carbonyl (C=O) groups is 2. The van der Waals surface area contributed by atoms with Crippen LogP contribution in [0.1, 0.15) is 34.7 Å². The van der Waals surface area contributed by atoms with Gasteiger partial charge >= 0.3 is 12.1 Å². The number of carboxylic acid groups (broad SMARTS) is 1. The van der Waals surface area contributed by atoms with E-state index in [1.165, 1.54) is 6.08 Å². The molecule has 0 radical (unpaired) electrons. The summed E-state index contributed by atoms with van der Waals surface area (Å²) in [5.74, 6) is -0.632. The SMILES string of the molecule is C=CCOC(=O)NC1CC(c2cccc(C(=O)O)c2)C1. The van der Waals surface area contributed by atoms with Crippen LogP contribution in [0.4, 0.5) is 4.79 Å². The van der Waals surface area contributed by atoms with Gasteiger partial charge in [-0.2, -0.15) is 0 Å². The second kappa shape index (κ2) is 6.23. The van der Waals surface area contributed by atoms with Crippen LogP contribution >= 0.6 is 0 Å². The highest BCUT2D eigenvalue weighted by Gasteiger charge is 2.31. The normalized spacial score (nSPS) is 20.6. The number of rotatable bonds is 5. The number of alkyl carbamates (subject to hydrolysis) is 1. The van der Waals surface area contributed by atoms with E-state index in [1.807, 2.05) is 6.07 Å². The lowest BCUT2D eigenvalue weighted by atomic mass is 9.75. The number of hydrogen-bond acceptors (Lipinski definition) is 3. The number of benzene rings is 1. The Hall–Kier alpha value is -2.30. The monoisotopic (exact) mass is 275 g/mol. The number of aromatic carboxylic acids is 1. The molecule has 20 heavy (non-hydrogen) atoms. The summed E-state index contributed by atoms with van der Waals surface area (Å²) in [7, 11) is 0. The molecule has 0 atom stereocenters. The first kappa shape index (κ1) is 14.1. The van der Waals surface area contributed by atoms with E-state index in [-0.39, 0.29) is 12.6 Å². The number of carbonyl (C=O) groups excluding carboxylic acids is 1. The summed E-state index contributed by atoms with van der Waals surface area (Å²) in [6.45, 7) is 3.66. The van der Waals surface area contributed by atoms with Crippen LogP contribution in [0.3, 0.4) is 0 Å². The molecule has 1 aliphatic carbocycles. The van der Waals surface area contributed by atoms with Crippen molar-refractivity contribution in [3.05, 3.63) is 48.0 Å². The Balaban J connectivity index is 1.84. The van der Waals surface area contributed by atoms with Gasteiger partial charge in [-0.05, 0) is 36.5 Å². The molecule has 1 fully saturated rings. The molecule has 5 heteroatoms. The Kier molecular flexibility index (Phi) is 4.40. The van der Waals surface area contributed by atoms with Crippen LogP contribution in [-0.2, 0) is 4.74 Å². The highest BCUT2D eigenvalue weighted by molar-refractivity contribution is 5.87. The summed E-state index contributed by atoms with van der Waals surface area (Å²) in [6.07, 6.45) is 2.67. The van der Waals surface area contributed by atoms with Crippen molar-refractivity contribution >= 4 is 12.1 Å². The van der Waals surface area contributed by atoms with Gasteiger partial charge in [0.1, 0.15) is 6.61 Å². The minimum Gasteiger partial charge on any atom is -0.478 e. The van der Waals surface area contributed by atoms with Gasteiger partial charge < -0.3 is 15.2 Å². The third-order valence-electron chi connectivity index (χ3n) is 3.40. The summed E-state index contributed by atoms with van der Waals surface area (Å²) in [5, 5.41) is 11.7. The molecule has 1 amide bonds. The van der Waals surface area contributed by atoms with Crippen molar-refractivity contribution in [3.63, 3.8) is 0 Å². The molecule has 1 aromatic carbocycles. The van der Waals surface area contributed by atoms with E-state index in [2.05, 4.69) is 11.9 Å². The van der Waals surface area contributed by atoms with Gasteiger partial charge in [0, 0.05) is 6.04 Å². The number of ether oxygens (including phenoxy) is 1. The smallest absolute Gasteiger partial charge is 0.407 e. The zero-order valence-electron chi connectivity index (χ0n) is 11.0. The lowest BCUT2D eigenvalue weighted by Gasteiger charge is -2.35. The average molecular weight is 275 g/mol. The molecule has 5 nitrogen and oxygen atoms in total.